The lowest BCUT2D eigenvalue weighted by Gasteiger charge is -2.36. The summed E-state index contributed by atoms with van der Waals surface area (Å²) in [5.74, 6) is 0.241. The molecule has 0 saturated carbocycles. The number of para-hydroxylation sites is 1. The predicted octanol–water partition coefficient (Wildman–Crippen LogP) is 3.45. The first kappa shape index (κ1) is 22.5. The Balaban J connectivity index is 1.62. The highest BCUT2D eigenvalue weighted by Crippen LogP contribution is 2.24. The Morgan fingerprint density at radius 2 is 1.53 bits per heavy atom. The van der Waals surface area contributed by atoms with Crippen molar-refractivity contribution in [3.8, 4) is 0 Å². The molecule has 1 fully saturated rings. The van der Waals surface area contributed by atoms with Crippen LogP contribution < -0.4 is 5.32 Å². The zero-order valence-electron chi connectivity index (χ0n) is 18.1. The highest BCUT2D eigenvalue weighted by molar-refractivity contribution is 7.89. The van der Waals surface area contributed by atoms with Gasteiger partial charge in [0.05, 0.1) is 10.9 Å². The smallest absolute Gasteiger partial charge is 0.243 e. The Bertz CT molecular complexity index is 979. The zero-order chi connectivity index (χ0) is 21.9. The van der Waals surface area contributed by atoms with Gasteiger partial charge in [-0.1, -0.05) is 49.7 Å². The molecule has 3 rings (SSSR count). The van der Waals surface area contributed by atoms with Crippen molar-refractivity contribution < 1.29 is 13.2 Å². The summed E-state index contributed by atoms with van der Waals surface area (Å²) in [5, 5.41) is 3.05. The first-order valence-corrected chi connectivity index (χ1v) is 11.8. The molecule has 30 heavy (non-hydrogen) atoms. The average Bonchev–Trinajstić information content (AvgIpc) is 2.74. The maximum absolute atomic E-state index is 12.9. The normalized spacial score (nSPS) is 17.1. The summed E-state index contributed by atoms with van der Waals surface area (Å²) in [6, 6.07) is 14.4. The van der Waals surface area contributed by atoms with E-state index in [9.17, 15) is 13.2 Å². The molecule has 1 aliphatic rings. The fourth-order valence-corrected chi connectivity index (χ4v) is 5.13. The molecule has 1 amide bonds. The van der Waals surface area contributed by atoms with E-state index >= 15 is 0 Å². The molecule has 2 aromatic carbocycles. The summed E-state index contributed by atoms with van der Waals surface area (Å²) in [5.41, 5.74) is 2.97. The van der Waals surface area contributed by atoms with Gasteiger partial charge in [-0.2, -0.15) is 4.31 Å². The van der Waals surface area contributed by atoms with E-state index in [0.29, 0.717) is 37.0 Å². The molecule has 1 atom stereocenters. The SMILES string of the molecule is Cc1ccc(S(=O)(=O)N2CCN(C(C)C(=O)Nc3ccccc3C(C)C)CC2)cc1. The molecule has 0 bridgehead atoms. The molecule has 162 valence electrons. The minimum atomic E-state index is -3.51. The number of anilines is 1. The number of carbonyl (C=O) groups excluding carboxylic acids is 1. The number of amides is 1. The fraction of sp³-hybridized carbons (Fsp3) is 0.435. The van der Waals surface area contributed by atoms with E-state index in [-0.39, 0.29) is 11.9 Å². The Morgan fingerprint density at radius 1 is 0.933 bits per heavy atom. The number of nitrogens with one attached hydrogen (secondary N) is 1. The Labute approximate surface area is 179 Å². The van der Waals surface area contributed by atoms with Crippen LogP contribution in [0.5, 0.6) is 0 Å². The van der Waals surface area contributed by atoms with E-state index in [1.807, 2.05) is 55.1 Å². The molecule has 1 heterocycles. The lowest BCUT2D eigenvalue weighted by molar-refractivity contribution is -0.121. The lowest BCUT2D eigenvalue weighted by Crippen LogP contribution is -2.53. The van der Waals surface area contributed by atoms with E-state index < -0.39 is 10.0 Å². The van der Waals surface area contributed by atoms with Gasteiger partial charge in [0.25, 0.3) is 0 Å². The summed E-state index contributed by atoms with van der Waals surface area (Å²) in [4.78, 5) is 15.2. The Morgan fingerprint density at radius 3 is 2.13 bits per heavy atom. The highest BCUT2D eigenvalue weighted by atomic mass is 32.2. The van der Waals surface area contributed by atoms with E-state index in [4.69, 9.17) is 0 Å². The number of aryl methyl sites for hydroxylation is 1. The monoisotopic (exact) mass is 429 g/mol. The van der Waals surface area contributed by atoms with Crippen molar-refractivity contribution in [2.24, 2.45) is 0 Å². The third-order valence-electron chi connectivity index (χ3n) is 5.70. The van der Waals surface area contributed by atoms with Crippen LogP contribution in [0.4, 0.5) is 5.69 Å². The number of hydrogen-bond donors (Lipinski definition) is 1. The van der Waals surface area contributed by atoms with Crippen molar-refractivity contribution in [3.63, 3.8) is 0 Å². The molecule has 6 nitrogen and oxygen atoms in total. The minimum absolute atomic E-state index is 0.0714. The minimum Gasteiger partial charge on any atom is -0.324 e. The molecule has 0 radical (unpaired) electrons. The fourth-order valence-electron chi connectivity index (χ4n) is 3.71. The van der Waals surface area contributed by atoms with Gasteiger partial charge in [-0.25, -0.2) is 8.42 Å². The van der Waals surface area contributed by atoms with Gasteiger partial charge in [0.1, 0.15) is 0 Å². The Kier molecular flexibility index (Phi) is 6.95. The van der Waals surface area contributed by atoms with Gasteiger partial charge in [0.15, 0.2) is 0 Å². The number of hydrogen-bond acceptors (Lipinski definition) is 4. The van der Waals surface area contributed by atoms with E-state index in [2.05, 4.69) is 19.2 Å². The van der Waals surface area contributed by atoms with E-state index in [1.54, 1.807) is 12.1 Å². The van der Waals surface area contributed by atoms with Gasteiger partial charge in [0, 0.05) is 31.9 Å². The summed E-state index contributed by atoms with van der Waals surface area (Å²) in [7, 11) is -3.51. The van der Waals surface area contributed by atoms with Crippen LogP contribution in [0.15, 0.2) is 53.4 Å². The van der Waals surface area contributed by atoms with Gasteiger partial charge in [-0.15, -0.1) is 0 Å². The first-order valence-electron chi connectivity index (χ1n) is 10.4. The second-order valence-corrected chi connectivity index (χ2v) is 10.1. The van der Waals surface area contributed by atoms with Crippen molar-refractivity contribution in [1.29, 1.82) is 0 Å². The van der Waals surface area contributed by atoms with Crippen LogP contribution >= 0.6 is 0 Å². The van der Waals surface area contributed by atoms with E-state index in [1.165, 1.54) is 4.31 Å². The third kappa shape index (κ3) is 4.91. The Hall–Kier alpha value is -2.22. The second kappa shape index (κ2) is 9.29. The largest absolute Gasteiger partial charge is 0.324 e. The number of piperazine rings is 1. The standard InChI is InChI=1S/C23H31N3O3S/c1-17(2)21-7-5-6-8-22(21)24-23(27)19(4)25-13-15-26(16-14-25)30(28,29)20-11-9-18(3)10-12-20/h5-12,17,19H,13-16H2,1-4H3,(H,24,27). The number of sulfonamides is 1. The lowest BCUT2D eigenvalue weighted by atomic mass is 10.0. The molecule has 1 N–H and O–H groups in total. The van der Waals surface area contributed by atoms with Crippen LogP contribution in [0.3, 0.4) is 0 Å². The van der Waals surface area contributed by atoms with Crippen LogP contribution in [0.1, 0.15) is 37.8 Å². The van der Waals surface area contributed by atoms with Crippen molar-refractivity contribution in [1.82, 2.24) is 9.21 Å². The van der Waals surface area contributed by atoms with Gasteiger partial charge < -0.3 is 5.32 Å². The van der Waals surface area contributed by atoms with Crippen LogP contribution in [-0.4, -0.2) is 55.8 Å². The maximum atomic E-state index is 12.9. The average molecular weight is 430 g/mol. The van der Waals surface area contributed by atoms with Crippen LogP contribution in [0.2, 0.25) is 0 Å². The number of benzene rings is 2. The highest BCUT2D eigenvalue weighted by Gasteiger charge is 2.32. The third-order valence-corrected chi connectivity index (χ3v) is 7.61. The zero-order valence-corrected chi connectivity index (χ0v) is 18.9. The number of carbonyl (C=O) groups is 1. The molecular formula is C23H31N3O3S. The van der Waals surface area contributed by atoms with Gasteiger partial charge in [-0.3, -0.25) is 9.69 Å². The van der Waals surface area contributed by atoms with Crippen LogP contribution in [-0.2, 0) is 14.8 Å². The second-order valence-electron chi connectivity index (χ2n) is 8.16. The van der Waals surface area contributed by atoms with Crippen molar-refractivity contribution in [3.05, 3.63) is 59.7 Å². The van der Waals surface area contributed by atoms with Gasteiger partial charge >= 0.3 is 0 Å². The molecule has 0 aromatic heterocycles. The molecule has 1 aliphatic heterocycles. The molecule has 0 spiro atoms. The molecular weight excluding hydrogens is 398 g/mol. The van der Waals surface area contributed by atoms with Crippen molar-refractivity contribution in [2.75, 3.05) is 31.5 Å². The van der Waals surface area contributed by atoms with Crippen molar-refractivity contribution in [2.45, 2.75) is 44.6 Å². The summed E-state index contributed by atoms with van der Waals surface area (Å²) in [6.07, 6.45) is 0. The van der Waals surface area contributed by atoms with Gasteiger partial charge in [-0.05, 0) is 43.5 Å². The van der Waals surface area contributed by atoms with Crippen molar-refractivity contribution >= 4 is 21.6 Å². The summed E-state index contributed by atoms with van der Waals surface area (Å²) >= 11 is 0. The summed E-state index contributed by atoms with van der Waals surface area (Å²) < 4.78 is 27.3. The number of nitrogens with zero attached hydrogens (tertiary/aromatic N) is 2. The molecule has 0 aliphatic carbocycles. The molecule has 7 heteroatoms. The molecule has 1 saturated heterocycles. The van der Waals surface area contributed by atoms with Gasteiger partial charge in [0.2, 0.25) is 15.9 Å². The summed E-state index contributed by atoms with van der Waals surface area (Å²) in [6.45, 7) is 9.78. The quantitative estimate of drug-likeness (QED) is 0.764. The number of rotatable bonds is 6. The maximum Gasteiger partial charge on any atom is 0.243 e. The first-order chi connectivity index (χ1) is 14.2. The molecule has 1 unspecified atom stereocenters. The predicted molar refractivity (Wildman–Crippen MR) is 120 cm³/mol. The van der Waals surface area contributed by atoms with E-state index in [0.717, 1.165) is 16.8 Å². The van der Waals surface area contributed by atoms with Crippen LogP contribution in [0.25, 0.3) is 0 Å². The topological polar surface area (TPSA) is 69.7 Å². The molecule has 2 aromatic rings. The van der Waals surface area contributed by atoms with Crippen LogP contribution in [0, 0.1) is 6.92 Å².